The number of urea groups is 1. The van der Waals surface area contributed by atoms with Gasteiger partial charge in [-0.3, -0.25) is 9.59 Å². The number of benzene rings is 1. The van der Waals surface area contributed by atoms with E-state index in [1.807, 2.05) is 36.1 Å². The molecule has 1 atom stereocenters. The molecule has 26 heavy (non-hydrogen) atoms. The normalized spacial score (nSPS) is 20.7. The molecule has 1 aromatic rings. The predicted octanol–water partition coefficient (Wildman–Crippen LogP) is 2.11. The number of nitrogens with zero attached hydrogens (tertiary/aromatic N) is 2. The van der Waals surface area contributed by atoms with E-state index in [0.717, 1.165) is 31.4 Å². The van der Waals surface area contributed by atoms with Gasteiger partial charge in [0.15, 0.2) is 0 Å². The molecular weight excluding hydrogens is 332 g/mol. The van der Waals surface area contributed by atoms with E-state index in [-0.39, 0.29) is 30.4 Å². The fraction of sp³-hybridized carbons (Fsp3) is 0.526. The highest BCUT2D eigenvalue weighted by Crippen LogP contribution is 2.25. The zero-order valence-corrected chi connectivity index (χ0v) is 15.2. The van der Waals surface area contributed by atoms with Gasteiger partial charge in [0.05, 0.1) is 6.04 Å². The summed E-state index contributed by atoms with van der Waals surface area (Å²) in [5.74, 6) is 0.0612. The number of carbonyl (C=O) groups excluding carboxylic acids is 3. The third-order valence-electron chi connectivity index (χ3n) is 4.85. The van der Waals surface area contributed by atoms with Crippen LogP contribution in [0.15, 0.2) is 24.3 Å². The largest absolute Gasteiger partial charge is 0.349 e. The molecule has 4 amide bonds. The minimum atomic E-state index is -0.260. The quantitative estimate of drug-likeness (QED) is 0.865. The van der Waals surface area contributed by atoms with E-state index in [1.165, 1.54) is 0 Å². The van der Waals surface area contributed by atoms with Gasteiger partial charge in [-0.25, -0.2) is 4.79 Å². The summed E-state index contributed by atoms with van der Waals surface area (Å²) in [6.07, 6.45) is 3.01. The molecule has 0 spiro atoms. The summed E-state index contributed by atoms with van der Waals surface area (Å²) in [6, 6.07) is 7.26. The number of nitrogens with one attached hydrogen (secondary N) is 2. The van der Waals surface area contributed by atoms with Crippen molar-refractivity contribution in [2.75, 3.05) is 31.5 Å². The monoisotopic (exact) mass is 358 g/mol. The maximum Gasteiger partial charge on any atom is 0.322 e. The third kappa shape index (κ3) is 4.33. The van der Waals surface area contributed by atoms with Crippen molar-refractivity contribution in [3.8, 4) is 0 Å². The average Bonchev–Trinajstić information content (AvgIpc) is 2.97. The van der Waals surface area contributed by atoms with E-state index in [9.17, 15) is 14.4 Å². The second kappa shape index (κ2) is 8.21. The Labute approximate surface area is 153 Å². The molecule has 1 unspecified atom stereocenters. The molecule has 0 saturated carbocycles. The van der Waals surface area contributed by atoms with E-state index in [2.05, 4.69) is 10.6 Å². The molecular formula is C19H26N4O3. The van der Waals surface area contributed by atoms with Crippen molar-refractivity contribution in [2.45, 2.75) is 38.6 Å². The summed E-state index contributed by atoms with van der Waals surface area (Å²) in [6.45, 7) is 4.17. The van der Waals surface area contributed by atoms with Crippen LogP contribution in [0.1, 0.15) is 44.2 Å². The van der Waals surface area contributed by atoms with Crippen molar-refractivity contribution >= 4 is 23.5 Å². The van der Waals surface area contributed by atoms with E-state index in [0.29, 0.717) is 25.2 Å². The minimum absolute atomic E-state index is 0.00159. The summed E-state index contributed by atoms with van der Waals surface area (Å²) >= 11 is 0. The van der Waals surface area contributed by atoms with Crippen molar-refractivity contribution in [3.63, 3.8) is 0 Å². The highest BCUT2D eigenvalue weighted by Gasteiger charge is 2.25. The second-order valence-electron chi connectivity index (χ2n) is 6.87. The molecule has 0 bridgehead atoms. The van der Waals surface area contributed by atoms with Crippen LogP contribution in [0.5, 0.6) is 0 Å². The first-order valence-corrected chi connectivity index (χ1v) is 9.30. The number of hydrogen-bond donors (Lipinski definition) is 2. The summed E-state index contributed by atoms with van der Waals surface area (Å²) < 4.78 is 0. The number of carbonyl (C=O) groups is 3. The lowest BCUT2D eigenvalue weighted by atomic mass is 10.0. The lowest BCUT2D eigenvalue weighted by Crippen LogP contribution is -2.41. The zero-order chi connectivity index (χ0) is 18.5. The van der Waals surface area contributed by atoms with Crippen LogP contribution in [0.2, 0.25) is 0 Å². The molecule has 0 aromatic heterocycles. The second-order valence-corrected chi connectivity index (χ2v) is 6.87. The number of amides is 4. The summed E-state index contributed by atoms with van der Waals surface area (Å²) in [5, 5.41) is 5.82. The lowest BCUT2D eigenvalue weighted by molar-refractivity contribution is -0.130. The predicted molar refractivity (Wildman–Crippen MR) is 98.6 cm³/mol. The fourth-order valence-electron chi connectivity index (χ4n) is 3.50. The van der Waals surface area contributed by atoms with Gasteiger partial charge >= 0.3 is 6.03 Å². The van der Waals surface area contributed by atoms with Crippen molar-refractivity contribution in [1.29, 1.82) is 0 Å². The Balaban J connectivity index is 1.62. The van der Waals surface area contributed by atoms with Gasteiger partial charge in [-0.05, 0) is 37.0 Å². The van der Waals surface area contributed by atoms with Gasteiger partial charge in [0.25, 0.3) is 0 Å². The Kier molecular flexibility index (Phi) is 5.75. The van der Waals surface area contributed by atoms with Crippen LogP contribution < -0.4 is 10.6 Å². The molecule has 2 heterocycles. The first kappa shape index (κ1) is 18.2. The van der Waals surface area contributed by atoms with Gasteiger partial charge < -0.3 is 20.4 Å². The van der Waals surface area contributed by atoms with Crippen LogP contribution in [0.4, 0.5) is 10.5 Å². The summed E-state index contributed by atoms with van der Waals surface area (Å²) in [4.78, 5) is 39.7. The van der Waals surface area contributed by atoms with Gasteiger partial charge in [-0.2, -0.15) is 0 Å². The maximum atomic E-state index is 12.6. The van der Waals surface area contributed by atoms with E-state index in [4.69, 9.17) is 0 Å². The van der Waals surface area contributed by atoms with Crippen LogP contribution in [0, 0.1) is 0 Å². The van der Waals surface area contributed by atoms with E-state index >= 15 is 0 Å². The number of hydrogen-bond acceptors (Lipinski definition) is 3. The number of anilines is 1. The molecule has 0 aliphatic carbocycles. The highest BCUT2D eigenvalue weighted by molar-refractivity contribution is 5.92. The zero-order valence-electron chi connectivity index (χ0n) is 15.2. The fourth-order valence-corrected chi connectivity index (χ4v) is 3.50. The molecule has 2 fully saturated rings. The molecule has 2 N–H and O–H groups in total. The molecule has 0 radical (unpaired) electrons. The van der Waals surface area contributed by atoms with Crippen molar-refractivity contribution < 1.29 is 14.4 Å². The smallest absolute Gasteiger partial charge is 0.322 e. The van der Waals surface area contributed by atoms with Gasteiger partial charge in [-0.1, -0.05) is 19.1 Å². The van der Waals surface area contributed by atoms with Gasteiger partial charge in [0, 0.05) is 31.7 Å². The van der Waals surface area contributed by atoms with Crippen LogP contribution >= 0.6 is 0 Å². The Morgan fingerprint density at radius 1 is 1.31 bits per heavy atom. The standard InChI is InChI=1S/C19H26N4O3/c1-2-9-22-10-4-11-23(13-18(22)25)19(26)20-15-6-3-5-14(12-15)16-7-8-17(24)21-16/h3,5-6,12,16H,2,4,7-11,13H2,1H3,(H,20,26)(H,21,24). The maximum absolute atomic E-state index is 12.6. The molecule has 1 aromatic carbocycles. The van der Waals surface area contributed by atoms with E-state index < -0.39 is 0 Å². The molecule has 140 valence electrons. The average molecular weight is 358 g/mol. The SMILES string of the molecule is CCCN1CCCN(C(=O)Nc2cccc(C3CCC(=O)N3)c2)CC1=O. The van der Waals surface area contributed by atoms with Crippen molar-refractivity contribution in [3.05, 3.63) is 29.8 Å². The Bertz CT molecular complexity index is 691. The summed E-state index contributed by atoms with van der Waals surface area (Å²) in [5.41, 5.74) is 1.66. The van der Waals surface area contributed by atoms with Crippen LogP contribution in [0.25, 0.3) is 0 Å². The van der Waals surface area contributed by atoms with Crippen LogP contribution in [-0.4, -0.2) is 53.8 Å². The van der Waals surface area contributed by atoms with Gasteiger partial charge in [0.2, 0.25) is 11.8 Å². The Morgan fingerprint density at radius 2 is 2.15 bits per heavy atom. The molecule has 2 aliphatic heterocycles. The third-order valence-corrected chi connectivity index (χ3v) is 4.85. The molecule has 2 aliphatic rings. The topological polar surface area (TPSA) is 81.8 Å². The van der Waals surface area contributed by atoms with Crippen LogP contribution in [0.3, 0.4) is 0 Å². The van der Waals surface area contributed by atoms with E-state index in [1.54, 1.807) is 4.90 Å². The molecule has 7 heteroatoms. The molecule has 2 saturated heterocycles. The summed E-state index contributed by atoms with van der Waals surface area (Å²) in [7, 11) is 0. The first-order chi connectivity index (χ1) is 12.6. The molecule has 3 rings (SSSR count). The first-order valence-electron chi connectivity index (χ1n) is 9.30. The number of rotatable bonds is 4. The van der Waals surface area contributed by atoms with Crippen molar-refractivity contribution in [2.24, 2.45) is 0 Å². The lowest BCUT2D eigenvalue weighted by Gasteiger charge is -2.22. The Morgan fingerprint density at radius 3 is 2.88 bits per heavy atom. The minimum Gasteiger partial charge on any atom is -0.349 e. The molecule has 7 nitrogen and oxygen atoms in total. The Hall–Kier alpha value is -2.57. The van der Waals surface area contributed by atoms with Gasteiger partial charge in [0.1, 0.15) is 6.54 Å². The van der Waals surface area contributed by atoms with Gasteiger partial charge in [-0.15, -0.1) is 0 Å². The van der Waals surface area contributed by atoms with Crippen molar-refractivity contribution in [1.82, 2.24) is 15.1 Å². The highest BCUT2D eigenvalue weighted by atomic mass is 16.2. The van der Waals surface area contributed by atoms with Crippen LogP contribution in [-0.2, 0) is 9.59 Å².